The van der Waals surface area contributed by atoms with Crippen LogP contribution in [0.5, 0.6) is 0 Å². The van der Waals surface area contributed by atoms with Gasteiger partial charge in [0.05, 0.1) is 36.6 Å². The number of carbonyl (C=O) groups is 1. The molecule has 258 valence electrons. The maximum Gasteiger partial charge on any atom is 0.411 e. The molecule has 5 aromatic rings. The third-order valence-corrected chi connectivity index (χ3v) is 9.91. The summed E-state index contributed by atoms with van der Waals surface area (Å²) in [6.07, 6.45) is 0.801. The normalized spacial score (nSPS) is 12.7. The first kappa shape index (κ1) is 35.0. The number of ether oxygens (including phenoxy) is 5. The third kappa shape index (κ3) is 7.97. The summed E-state index contributed by atoms with van der Waals surface area (Å²) in [6.45, 7) is 3.07. The summed E-state index contributed by atoms with van der Waals surface area (Å²) < 4.78 is 29.3. The van der Waals surface area contributed by atoms with Gasteiger partial charge in [0.2, 0.25) is 0 Å². The van der Waals surface area contributed by atoms with Crippen molar-refractivity contribution in [3.63, 3.8) is 0 Å². The summed E-state index contributed by atoms with van der Waals surface area (Å²) in [7, 11) is 3.33. The highest BCUT2D eigenvalue weighted by Gasteiger charge is 2.43. The van der Waals surface area contributed by atoms with Crippen LogP contribution in [0.4, 0.5) is 16.2 Å². The second kappa shape index (κ2) is 16.7. The lowest BCUT2D eigenvalue weighted by molar-refractivity contribution is 0.0491. The number of azide groups is 1. The molecule has 0 saturated heterocycles. The number of hydrogen-bond donors (Lipinski definition) is 1. The number of aromatic nitrogens is 1. The van der Waals surface area contributed by atoms with Crippen molar-refractivity contribution in [2.45, 2.75) is 24.9 Å². The molecule has 0 radical (unpaired) electrons. The minimum atomic E-state index is -0.575. The Morgan fingerprint density at radius 2 is 1.52 bits per heavy atom. The lowest BCUT2D eigenvalue weighted by Gasteiger charge is -2.33. The highest BCUT2D eigenvalue weighted by molar-refractivity contribution is 7.21. The molecule has 1 amide bonds. The van der Waals surface area contributed by atoms with E-state index >= 15 is 0 Å². The van der Waals surface area contributed by atoms with Gasteiger partial charge in [0.25, 0.3) is 0 Å². The molecular formula is C38H39N5O6S. The zero-order valence-corrected chi connectivity index (χ0v) is 28.9. The fourth-order valence-electron chi connectivity index (χ4n) is 6.36. The summed E-state index contributed by atoms with van der Waals surface area (Å²) >= 11 is 1.68. The molecule has 1 aliphatic carbocycles. The van der Waals surface area contributed by atoms with Gasteiger partial charge in [-0.25, -0.2) is 9.78 Å². The number of methoxy groups -OCH3 is 2. The van der Waals surface area contributed by atoms with Gasteiger partial charge in [0.15, 0.2) is 0 Å². The number of amides is 1. The topological polar surface area (TPSA) is 137 Å². The summed E-state index contributed by atoms with van der Waals surface area (Å²) in [4.78, 5) is 20.7. The zero-order chi connectivity index (χ0) is 34.8. The standard InChI is InChI=1S/C38H39N5O6S/c1-45-19-21-47-17-15-38(16-18-48-22-20-46-2)32-23-27(36-41-34-5-3-4-6-35(34)50-36)9-13-30(32)31-14-12-29(24-33(31)38)40-37(44)49-25-26-7-10-28(11-8-26)42-43-39/h3-14,23-24H,15-22,25H2,1-2H3,(H,40,44). The van der Waals surface area contributed by atoms with E-state index < -0.39 is 11.5 Å². The number of benzene rings is 4. The Labute approximate surface area is 294 Å². The molecule has 0 unspecified atom stereocenters. The second-order valence-corrected chi connectivity index (χ2v) is 12.9. The van der Waals surface area contributed by atoms with Gasteiger partial charge < -0.3 is 23.7 Å². The van der Waals surface area contributed by atoms with Crippen molar-refractivity contribution < 1.29 is 28.5 Å². The van der Waals surface area contributed by atoms with E-state index in [0.717, 1.165) is 43.0 Å². The molecule has 50 heavy (non-hydrogen) atoms. The van der Waals surface area contributed by atoms with Gasteiger partial charge in [-0.15, -0.1) is 11.3 Å². The van der Waals surface area contributed by atoms with Crippen LogP contribution in [0.3, 0.4) is 0 Å². The number of para-hydroxylation sites is 1. The van der Waals surface area contributed by atoms with Crippen LogP contribution in [-0.2, 0) is 35.7 Å². The van der Waals surface area contributed by atoms with E-state index in [1.165, 1.54) is 5.56 Å². The van der Waals surface area contributed by atoms with E-state index in [9.17, 15) is 4.79 Å². The fourth-order valence-corrected chi connectivity index (χ4v) is 7.32. The number of thiazole rings is 1. The molecule has 12 heteroatoms. The van der Waals surface area contributed by atoms with Crippen LogP contribution in [0.2, 0.25) is 0 Å². The summed E-state index contributed by atoms with van der Waals surface area (Å²) in [5, 5.41) is 7.47. The highest BCUT2D eigenvalue weighted by Crippen LogP contribution is 2.54. The van der Waals surface area contributed by atoms with E-state index in [4.69, 9.17) is 34.2 Å². The van der Waals surface area contributed by atoms with Gasteiger partial charge in [0.1, 0.15) is 11.6 Å². The second-order valence-electron chi connectivity index (χ2n) is 11.9. The first-order chi connectivity index (χ1) is 24.5. The quantitative estimate of drug-likeness (QED) is 0.0444. The molecule has 1 heterocycles. The Morgan fingerprint density at radius 3 is 2.20 bits per heavy atom. The SMILES string of the molecule is COCCOCCC1(CCOCCOC)c2cc(NC(=O)OCc3ccc(N=[N+]=[N-])cc3)ccc2-c2ccc(-c3nc4ccccc4s3)cc21. The number of hydrogen-bond acceptors (Lipinski definition) is 9. The highest BCUT2D eigenvalue weighted by atomic mass is 32.1. The smallest absolute Gasteiger partial charge is 0.411 e. The number of rotatable bonds is 17. The van der Waals surface area contributed by atoms with Crippen molar-refractivity contribution in [1.29, 1.82) is 0 Å². The molecule has 6 rings (SSSR count). The van der Waals surface area contributed by atoms with Crippen LogP contribution < -0.4 is 5.32 Å². The zero-order valence-electron chi connectivity index (χ0n) is 28.1. The molecule has 11 nitrogen and oxygen atoms in total. The Kier molecular flexibility index (Phi) is 11.7. The van der Waals surface area contributed by atoms with Crippen LogP contribution in [-0.4, -0.2) is 64.9 Å². The van der Waals surface area contributed by atoms with Gasteiger partial charge in [0, 0.05) is 54.7 Å². The maximum atomic E-state index is 13.0. The van der Waals surface area contributed by atoms with Gasteiger partial charge in [-0.1, -0.05) is 59.7 Å². The molecule has 0 saturated carbocycles. The van der Waals surface area contributed by atoms with E-state index in [1.54, 1.807) is 49.8 Å². The first-order valence-corrected chi connectivity index (χ1v) is 17.2. The van der Waals surface area contributed by atoms with Gasteiger partial charge in [-0.2, -0.15) is 0 Å². The average molecular weight is 694 g/mol. The molecule has 0 fully saturated rings. The molecule has 1 N–H and O–H groups in total. The van der Waals surface area contributed by atoms with E-state index in [1.807, 2.05) is 30.3 Å². The van der Waals surface area contributed by atoms with Crippen LogP contribution >= 0.6 is 11.3 Å². The van der Waals surface area contributed by atoms with Crippen LogP contribution in [0.25, 0.3) is 42.4 Å². The fraction of sp³-hybridized carbons (Fsp3) is 0.316. The molecule has 0 atom stereocenters. The number of nitrogens with one attached hydrogen (secondary N) is 1. The largest absolute Gasteiger partial charge is 0.444 e. The Bertz CT molecular complexity index is 1930. The molecule has 4 aromatic carbocycles. The Balaban J connectivity index is 1.32. The van der Waals surface area contributed by atoms with Gasteiger partial charge in [-0.3, -0.25) is 5.32 Å². The summed E-state index contributed by atoms with van der Waals surface area (Å²) in [5.74, 6) is 0. The maximum absolute atomic E-state index is 13.0. The number of nitrogens with zero attached hydrogens (tertiary/aromatic N) is 4. The Morgan fingerprint density at radius 1 is 0.840 bits per heavy atom. The minimum Gasteiger partial charge on any atom is -0.444 e. The van der Waals surface area contributed by atoms with E-state index in [2.05, 4.69) is 45.7 Å². The third-order valence-electron chi connectivity index (χ3n) is 8.82. The monoisotopic (exact) mass is 693 g/mol. The van der Waals surface area contributed by atoms with E-state index in [-0.39, 0.29) is 6.61 Å². The predicted molar refractivity (Wildman–Crippen MR) is 195 cm³/mol. The van der Waals surface area contributed by atoms with Crippen molar-refractivity contribution in [2.75, 3.05) is 59.2 Å². The summed E-state index contributed by atoms with van der Waals surface area (Å²) in [5.41, 5.74) is 16.6. The van der Waals surface area contributed by atoms with E-state index in [0.29, 0.717) is 63.9 Å². The van der Waals surface area contributed by atoms with Crippen molar-refractivity contribution in [2.24, 2.45) is 5.11 Å². The van der Waals surface area contributed by atoms with Gasteiger partial charge >= 0.3 is 6.09 Å². The number of carbonyl (C=O) groups excluding carboxylic acids is 1. The van der Waals surface area contributed by atoms with Crippen molar-refractivity contribution >= 4 is 39.0 Å². The lowest BCUT2D eigenvalue weighted by Crippen LogP contribution is -2.30. The van der Waals surface area contributed by atoms with Crippen LogP contribution in [0.1, 0.15) is 29.5 Å². The van der Waals surface area contributed by atoms with Crippen molar-refractivity contribution in [3.8, 4) is 21.7 Å². The molecular weight excluding hydrogens is 655 g/mol. The van der Waals surface area contributed by atoms with Crippen molar-refractivity contribution in [3.05, 3.63) is 112 Å². The molecule has 1 aromatic heterocycles. The lowest BCUT2D eigenvalue weighted by atomic mass is 9.72. The minimum absolute atomic E-state index is 0.0644. The summed E-state index contributed by atoms with van der Waals surface area (Å²) in [6, 6.07) is 27.7. The van der Waals surface area contributed by atoms with Crippen molar-refractivity contribution in [1.82, 2.24) is 4.98 Å². The van der Waals surface area contributed by atoms with Crippen LogP contribution in [0, 0.1) is 0 Å². The average Bonchev–Trinajstić information content (AvgIpc) is 3.69. The molecule has 0 aliphatic heterocycles. The predicted octanol–water partition coefficient (Wildman–Crippen LogP) is 9.03. The first-order valence-electron chi connectivity index (χ1n) is 16.4. The number of fused-ring (bicyclic) bond motifs is 4. The Hall–Kier alpha value is -4.81. The number of anilines is 1. The van der Waals surface area contributed by atoms with Crippen LogP contribution in [0.15, 0.2) is 90.0 Å². The van der Waals surface area contributed by atoms with Gasteiger partial charge in [-0.05, 0) is 76.5 Å². The molecule has 0 spiro atoms. The molecule has 0 bridgehead atoms. The molecule has 1 aliphatic rings.